The van der Waals surface area contributed by atoms with Crippen LogP contribution in [0.5, 0.6) is 5.75 Å². The van der Waals surface area contributed by atoms with Crippen molar-refractivity contribution in [2.75, 3.05) is 13.2 Å². The number of rotatable bonds is 8. The second kappa shape index (κ2) is 7.46. The largest absolute Gasteiger partial charge is 0.491 e. The van der Waals surface area contributed by atoms with Crippen molar-refractivity contribution in [2.24, 2.45) is 5.73 Å². The third kappa shape index (κ3) is 4.74. The molecule has 1 aromatic carbocycles. The summed E-state index contributed by atoms with van der Waals surface area (Å²) in [6, 6.07) is 6.04. The van der Waals surface area contributed by atoms with E-state index in [2.05, 4.69) is 32.2 Å². The molecule has 21 heavy (non-hydrogen) atoms. The van der Waals surface area contributed by atoms with E-state index in [1.165, 1.54) is 11.1 Å². The Bertz CT molecular complexity index is 486. The van der Waals surface area contributed by atoms with Crippen LogP contribution in [0.1, 0.15) is 51.2 Å². The quantitative estimate of drug-likeness (QED) is 0.774. The molecule has 1 rings (SSSR count). The molecule has 0 aliphatic carbocycles. The molecule has 0 saturated carbocycles. The van der Waals surface area contributed by atoms with Crippen molar-refractivity contribution in [1.82, 2.24) is 5.32 Å². The molecule has 118 valence electrons. The average Bonchev–Trinajstić information content (AvgIpc) is 2.42. The molecule has 4 heteroatoms. The number of aryl methyl sites for hydroxylation is 1. The molecular formula is C17H28N2O2. The van der Waals surface area contributed by atoms with Gasteiger partial charge < -0.3 is 15.8 Å². The van der Waals surface area contributed by atoms with E-state index in [-0.39, 0.29) is 6.61 Å². The molecule has 0 bridgehead atoms. The monoisotopic (exact) mass is 292 g/mol. The maximum Gasteiger partial charge on any atom is 0.240 e. The first-order valence-electron chi connectivity index (χ1n) is 7.58. The van der Waals surface area contributed by atoms with Crippen LogP contribution in [0.15, 0.2) is 18.2 Å². The Morgan fingerprint density at radius 2 is 2.10 bits per heavy atom. The number of nitrogens with two attached hydrogens (primary N) is 1. The molecular weight excluding hydrogens is 264 g/mol. The highest BCUT2D eigenvalue weighted by molar-refractivity contribution is 5.84. The van der Waals surface area contributed by atoms with Crippen LogP contribution in [0, 0.1) is 6.92 Å². The Balaban J connectivity index is 2.76. The summed E-state index contributed by atoms with van der Waals surface area (Å²) in [6.07, 6.45) is 0.936. The number of carbonyl (C=O) groups is 1. The lowest BCUT2D eigenvalue weighted by Gasteiger charge is -2.27. The molecule has 3 N–H and O–H groups in total. The number of carbonyl (C=O) groups excluding carboxylic acids is 1. The van der Waals surface area contributed by atoms with Crippen LogP contribution in [-0.4, -0.2) is 24.6 Å². The minimum atomic E-state index is -0.847. The lowest BCUT2D eigenvalue weighted by molar-refractivity contribution is -0.125. The second-order valence-electron chi connectivity index (χ2n) is 6.08. The normalized spacial score (nSPS) is 14.0. The lowest BCUT2D eigenvalue weighted by Crippen LogP contribution is -2.57. The van der Waals surface area contributed by atoms with Gasteiger partial charge in [-0.25, -0.2) is 0 Å². The molecule has 0 aliphatic heterocycles. The Kier molecular flexibility index (Phi) is 6.21. The molecule has 0 saturated heterocycles. The van der Waals surface area contributed by atoms with Gasteiger partial charge in [0.05, 0.1) is 0 Å². The Hall–Kier alpha value is -1.55. The molecule has 1 atom stereocenters. The third-order valence-electron chi connectivity index (χ3n) is 3.70. The lowest BCUT2D eigenvalue weighted by atomic mass is 9.98. The van der Waals surface area contributed by atoms with Crippen LogP contribution in [-0.2, 0) is 4.79 Å². The fourth-order valence-corrected chi connectivity index (χ4v) is 2.22. The number of benzene rings is 1. The molecule has 1 unspecified atom stereocenters. The molecule has 0 spiro atoms. The van der Waals surface area contributed by atoms with Gasteiger partial charge in [-0.15, -0.1) is 0 Å². The molecule has 0 aromatic heterocycles. The summed E-state index contributed by atoms with van der Waals surface area (Å²) in [5.74, 6) is 0.857. The van der Waals surface area contributed by atoms with Gasteiger partial charge >= 0.3 is 0 Å². The molecule has 0 radical (unpaired) electrons. The summed E-state index contributed by atoms with van der Waals surface area (Å²) < 4.78 is 5.78. The van der Waals surface area contributed by atoms with Crippen LogP contribution < -0.4 is 15.8 Å². The first-order chi connectivity index (χ1) is 9.80. The summed E-state index contributed by atoms with van der Waals surface area (Å²) in [5, 5.41) is 3.16. The second-order valence-corrected chi connectivity index (χ2v) is 6.08. The van der Waals surface area contributed by atoms with E-state index in [9.17, 15) is 4.79 Å². The Labute approximate surface area is 128 Å². The first-order valence-corrected chi connectivity index (χ1v) is 7.58. The molecule has 4 nitrogen and oxygen atoms in total. The first kappa shape index (κ1) is 17.5. The van der Waals surface area contributed by atoms with Gasteiger partial charge in [0.25, 0.3) is 0 Å². The smallest absolute Gasteiger partial charge is 0.240 e. The predicted molar refractivity (Wildman–Crippen MR) is 86.7 cm³/mol. The van der Waals surface area contributed by atoms with Crippen LogP contribution in [0.2, 0.25) is 0 Å². The van der Waals surface area contributed by atoms with E-state index in [0.717, 1.165) is 18.7 Å². The van der Waals surface area contributed by atoms with Crippen molar-refractivity contribution < 1.29 is 9.53 Å². The summed E-state index contributed by atoms with van der Waals surface area (Å²) in [4.78, 5) is 11.6. The summed E-state index contributed by atoms with van der Waals surface area (Å²) in [6.45, 7) is 11.2. The Morgan fingerprint density at radius 3 is 2.57 bits per heavy atom. The van der Waals surface area contributed by atoms with Crippen molar-refractivity contribution >= 4 is 5.91 Å². The highest BCUT2D eigenvalue weighted by atomic mass is 16.5. The number of ether oxygens (including phenoxy) is 1. The van der Waals surface area contributed by atoms with E-state index < -0.39 is 11.4 Å². The highest BCUT2D eigenvalue weighted by Crippen LogP contribution is 2.24. The fourth-order valence-electron chi connectivity index (χ4n) is 2.22. The van der Waals surface area contributed by atoms with E-state index in [0.29, 0.717) is 5.92 Å². The van der Waals surface area contributed by atoms with Gasteiger partial charge in [0, 0.05) is 0 Å². The van der Waals surface area contributed by atoms with Crippen LogP contribution >= 0.6 is 0 Å². The van der Waals surface area contributed by atoms with Crippen molar-refractivity contribution in [1.29, 1.82) is 0 Å². The van der Waals surface area contributed by atoms with Crippen LogP contribution in [0.25, 0.3) is 0 Å². The van der Waals surface area contributed by atoms with Gasteiger partial charge in [-0.05, 0) is 56.0 Å². The molecule has 1 amide bonds. The molecule has 1 aromatic rings. The average molecular weight is 292 g/mol. The maximum atomic E-state index is 11.6. The third-order valence-corrected chi connectivity index (χ3v) is 3.70. The van der Waals surface area contributed by atoms with Gasteiger partial charge in [-0.3, -0.25) is 4.79 Å². The highest BCUT2D eigenvalue weighted by Gasteiger charge is 2.31. The van der Waals surface area contributed by atoms with E-state index in [4.69, 9.17) is 10.5 Å². The van der Waals surface area contributed by atoms with Crippen LogP contribution in [0.3, 0.4) is 0 Å². The van der Waals surface area contributed by atoms with Gasteiger partial charge in [0.1, 0.15) is 17.9 Å². The standard InChI is InChI=1S/C17H28N2O2/c1-6-9-19-17(5,16(18)20)11-21-14-7-8-15(12(2)3)13(4)10-14/h7-8,10,12,19H,6,9,11H2,1-5H3,(H2,18,20). The summed E-state index contributed by atoms with van der Waals surface area (Å²) in [7, 11) is 0. The Morgan fingerprint density at radius 1 is 1.43 bits per heavy atom. The number of nitrogens with one attached hydrogen (secondary N) is 1. The van der Waals surface area contributed by atoms with Gasteiger partial charge in [-0.1, -0.05) is 26.8 Å². The van der Waals surface area contributed by atoms with E-state index >= 15 is 0 Å². The topological polar surface area (TPSA) is 64.3 Å². The SMILES string of the molecule is CCCNC(C)(COc1ccc(C(C)C)c(C)c1)C(N)=O. The van der Waals surface area contributed by atoms with Crippen LogP contribution in [0.4, 0.5) is 0 Å². The van der Waals surface area contributed by atoms with E-state index in [1.54, 1.807) is 6.92 Å². The number of amides is 1. The minimum absolute atomic E-state index is 0.225. The van der Waals surface area contributed by atoms with Gasteiger partial charge in [-0.2, -0.15) is 0 Å². The zero-order chi connectivity index (χ0) is 16.0. The molecule has 0 aliphatic rings. The van der Waals surface area contributed by atoms with Crippen molar-refractivity contribution in [3.8, 4) is 5.75 Å². The van der Waals surface area contributed by atoms with E-state index in [1.807, 2.05) is 19.1 Å². The molecule has 0 heterocycles. The van der Waals surface area contributed by atoms with Gasteiger partial charge in [0.2, 0.25) is 5.91 Å². The minimum Gasteiger partial charge on any atom is -0.491 e. The van der Waals surface area contributed by atoms with Crippen molar-refractivity contribution in [3.63, 3.8) is 0 Å². The molecule has 0 fully saturated rings. The summed E-state index contributed by atoms with van der Waals surface area (Å²) >= 11 is 0. The maximum absolute atomic E-state index is 11.6. The van der Waals surface area contributed by atoms with Gasteiger partial charge in [0.15, 0.2) is 0 Å². The van der Waals surface area contributed by atoms with Crippen molar-refractivity contribution in [2.45, 2.75) is 52.5 Å². The predicted octanol–water partition coefficient (Wildman–Crippen LogP) is 2.74. The zero-order valence-corrected chi connectivity index (χ0v) is 13.8. The number of primary amides is 1. The van der Waals surface area contributed by atoms with Crippen molar-refractivity contribution in [3.05, 3.63) is 29.3 Å². The fraction of sp³-hybridized carbons (Fsp3) is 0.588. The zero-order valence-electron chi connectivity index (χ0n) is 13.8. The number of hydrogen-bond acceptors (Lipinski definition) is 3. The number of hydrogen-bond donors (Lipinski definition) is 2. The summed E-state index contributed by atoms with van der Waals surface area (Å²) in [5.41, 5.74) is 7.15.